The van der Waals surface area contributed by atoms with E-state index in [4.69, 9.17) is 0 Å². The van der Waals surface area contributed by atoms with E-state index >= 15 is 0 Å². The molecule has 0 aliphatic heterocycles. The molecule has 26 heavy (non-hydrogen) atoms. The van der Waals surface area contributed by atoms with Crippen molar-refractivity contribution in [2.45, 2.75) is 26.7 Å². The first-order valence-electron chi connectivity index (χ1n) is 8.99. The highest BCUT2D eigenvalue weighted by Crippen LogP contribution is 2.31. The van der Waals surface area contributed by atoms with E-state index in [1.54, 1.807) is 0 Å². The number of nitrogens with zero attached hydrogens (tertiary/aromatic N) is 1. The van der Waals surface area contributed by atoms with Crippen LogP contribution in [0.15, 0.2) is 76.5 Å². The molecule has 3 aromatic rings. The fraction of sp³-hybridized carbons (Fsp3) is 0.167. The van der Waals surface area contributed by atoms with E-state index in [0.29, 0.717) is 0 Å². The number of allylic oxidation sites excluding steroid dienone is 2. The van der Waals surface area contributed by atoms with Crippen molar-refractivity contribution in [3.8, 4) is 5.69 Å². The second-order valence-corrected chi connectivity index (χ2v) is 7.93. The molecule has 0 unspecified atom stereocenters. The van der Waals surface area contributed by atoms with Crippen molar-refractivity contribution in [2.24, 2.45) is 0 Å². The van der Waals surface area contributed by atoms with Crippen molar-refractivity contribution >= 4 is 28.1 Å². The highest BCUT2D eigenvalue weighted by atomic mass is 79.9. The quantitative estimate of drug-likeness (QED) is 0.418. The molecule has 5 rings (SSSR count). The van der Waals surface area contributed by atoms with Crippen molar-refractivity contribution in [1.82, 2.24) is 4.57 Å². The van der Waals surface area contributed by atoms with Crippen LogP contribution in [0.2, 0.25) is 0 Å². The topological polar surface area (TPSA) is 4.93 Å². The van der Waals surface area contributed by atoms with Crippen LogP contribution in [0.1, 0.15) is 36.1 Å². The van der Waals surface area contributed by atoms with Crippen molar-refractivity contribution in [3.05, 3.63) is 98.8 Å². The lowest BCUT2D eigenvalue weighted by molar-refractivity contribution is 1.03. The van der Waals surface area contributed by atoms with Gasteiger partial charge in [0.1, 0.15) is 0 Å². The molecule has 0 saturated carbocycles. The van der Waals surface area contributed by atoms with Gasteiger partial charge in [-0.25, -0.2) is 0 Å². The monoisotopic (exact) mass is 403 g/mol. The van der Waals surface area contributed by atoms with Gasteiger partial charge in [-0.3, -0.25) is 0 Å². The van der Waals surface area contributed by atoms with Gasteiger partial charge < -0.3 is 4.57 Å². The molecule has 2 aliphatic carbocycles. The van der Waals surface area contributed by atoms with Gasteiger partial charge in [0, 0.05) is 22.6 Å². The Morgan fingerprint density at radius 1 is 0.731 bits per heavy atom. The first-order chi connectivity index (χ1) is 12.6. The molecule has 0 bridgehead atoms. The molecule has 0 N–H and O–H groups in total. The lowest BCUT2D eigenvalue weighted by Crippen LogP contribution is -1.96. The van der Waals surface area contributed by atoms with Gasteiger partial charge in [-0.05, 0) is 73.2 Å². The molecule has 1 aromatic heterocycles. The predicted octanol–water partition coefficient (Wildman–Crippen LogP) is 6.85. The summed E-state index contributed by atoms with van der Waals surface area (Å²) in [6.45, 7) is 4.37. The normalized spacial score (nSPS) is 14.1. The summed E-state index contributed by atoms with van der Waals surface area (Å²) in [4.78, 5) is 0. The third-order valence-electron chi connectivity index (χ3n) is 4.94. The van der Waals surface area contributed by atoms with Crippen LogP contribution < -0.4 is 0 Å². The molecule has 0 amide bonds. The van der Waals surface area contributed by atoms with E-state index in [-0.39, 0.29) is 0 Å². The van der Waals surface area contributed by atoms with Crippen LogP contribution in [0.3, 0.4) is 0 Å². The Bertz CT molecular complexity index is 1010. The van der Waals surface area contributed by atoms with Crippen molar-refractivity contribution in [3.63, 3.8) is 0 Å². The lowest BCUT2D eigenvalue weighted by atomic mass is 10.1. The molecule has 0 radical (unpaired) electrons. The lowest BCUT2D eigenvalue weighted by Gasteiger charge is -2.09. The van der Waals surface area contributed by atoms with E-state index in [1.807, 2.05) is 0 Å². The Hall–Kier alpha value is -2.32. The Labute approximate surface area is 163 Å². The van der Waals surface area contributed by atoms with E-state index in [0.717, 1.165) is 12.8 Å². The van der Waals surface area contributed by atoms with Crippen LogP contribution in [0.25, 0.3) is 17.8 Å². The van der Waals surface area contributed by atoms with Gasteiger partial charge >= 0.3 is 0 Å². The predicted molar refractivity (Wildman–Crippen MR) is 115 cm³/mol. The van der Waals surface area contributed by atoms with Gasteiger partial charge in [0.2, 0.25) is 0 Å². The zero-order chi connectivity index (χ0) is 18.1. The molecule has 0 fully saturated rings. The van der Waals surface area contributed by atoms with E-state index < -0.39 is 0 Å². The zero-order valence-electron chi connectivity index (χ0n) is 15.2. The molecule has 2 aromatic carbocycles. The summed E-state index contributed by atoms with van der Waals surface area (Å²) < 4.78 is 3.42. The maximum absolute atomic E-state index is 3.54. The molecule has 2 heteroatoms. The van der Waals surface area contributed by atoms with Crippen LogP contribution in [0.4, 0.5) is 0 Å². The maximum atomic E-state index is 3.54. The third-order valence-corrected chi connectivity index (χ3v) is 5.68. The smallest absolute Gasteiger partial charge is 0.0490 e. The summed E-state index contributed by atoms with van der Waals surface area (Å²) in [6.07, 6.45) is 10.9. The van der Waals surface area contributed by atoms with Gasteiger partial charge in [-0.2, -0.15) is 0 Å². The molecular weight excluding hydrogens is 382 g/mol. The first kappa shape index (κ1) is 17.1. The highest BCUT2D eigenvalue weighted by Gasteiger charge is 2.14. The molecule has 1 nitrogen and oxygen atoms in total. The van der Waals surface area contributed by atoms with Crippen molar-refractivity contribution in [2.75, 3.05) is 0 Å². The Morgan fingerprint density at radius 2 is 1.31 bits per heavy atom. The summed E-state index contributed by atoms with van der Waals surface area (Å²) in [5, 5.41) is 0. The summed E-state index contributed by atoms with van der Waals surface area (Å²) in [6, 6.07) is 17.0. The second-order valence-electron chi connectivity index (χ2n) is 7.08. The minimum Gasteiger partial charge on any atom is -0.324 e. The SMILES string of the molecule is CC1=Cc2cccc(-n3cccc3)c2C1.CC1=Cc2cccc(Br)c2C1. The van der Waals surface area contributed by atoms with Gasteiger partial charge in [0.05, 0.1) is 0 Å². The number of halogens is 1. The summed E-state index contributed by atoms with van der Waals surface area (Å²) in [5.41, 5.74) is 9.84. The fourth-order valence-corrected chi connectivity index (χ4v) is 4.27. The fourth-order valence-electron chi connectivity index (χ4n) is 3.74. The average molecular weight is 404 g/mol. The van der Waals surface area contributed by atoms with Crippen LogP contribution in [0.5, 0.6) is 0 Å². The Morgan fingerprint density at radius 3 is 1.96 bits per heavy atom. The number of benzene rings is 2. The number of hydrogen-bond acceptors (Lipinski definition) is 0. The molecule has 0 spiro atoms. The minimum absolute atomic E-state index is 1.09. The second kappa shape index (κ2) is 7.13. The zero-order valence-corrected chi connectivity index (χ0v) is 16.8. The summed E-state index contributed by atoms with van der Waals surface area (Å²) in [7, 11) is 0. The van der Waals surface area contributed by atoms with Gasteiger partial charge in [0.25, 0.3) is 0 Å². The van der Waals surface area contributed by atoms with E-state index in [9.17, 15) is 0 Å². The Kier molecular flexibility index (Phi) is 4.69. The van der Waals surface area contributed by atoms with Crippen LogP contribution in [-0.4, -0.2) is 4.57 Å². The minimum atomic E-state index is 1.09. The summed E-state index contributed by atoms with van der Waals surface area (Å²) in [5.74, 6) is 0. The van der Waals surface area contributed by atoms with Gasteiger partial charge in [-0.15, -0.1) is 0 Å². The van der Waals surface area contributed by atoms with E-state index in [2.05, 4.69) is 107 Å². The molecular formula is C24H22BrN. The maximum Gasteiger partial charge on any atom is 0.0490 e. The van der Waals surface area contributed by atoms with Gasteiger partial charge in [0.15, 0.2) is 0 Å². The largest absolute Gasteiger partial charge is 0.324 e. The molecule has 130 valence electrons. The number of hydrogen-bond donors (Lipinski definition) is 0. The summed E-state index contributed by atoms with van der Waals surface area (Å²) >= 11 is 3.54. The van der Waals surface area contributed by atoms with Crippen LogP contribution >= 0.6 is 15.9 Å². The van der Waals surface area contributed by atoms with Crippen molar-refractivity contribution < 1.29 is 0 Å². The molecule has 2 aliphatic rings. The van der Waals surface area contributed by atoms with Crippen molar-refractivity contribution in [1.29, 1.82) is 0 Å². The molecule has 1 heterocycles. The first-order valence-corrected chi connectivity index (χ1v) is 9.78. The van der Waals surface area contributed by atoms with E-state index in [1.165, 1.54) is 43.6 Å². The van der Waals surface area contributed by atoms with Crippen LogP contribution in [-0.2, 0) is 12.8 Å². The standard InChI is InChI=1S/C14H13N.C10H9Br/c1-11-9-12-5-4-6-14(13(12)10-11)15-7-2-3-8-15;1-7-5-8-3-2-4-10(11)9(8)6-7/h2-9H,10H2,1H3;2-5H,6H2,1H3. The third kappa shape index (κ3) is 3.34. The van der Waals surface area contributed by atoms with Crippen LogP contribution in [0, 0.1) is 0 Å². The molecule has 0 saturated heterocycles. The number of aromatic nitrogens is 1. The number of rotatable bonds is 1. The molecule has 0 atom stereocenters. The highest BCUT2D eigenvalue weighted by molar-refractivity contribution is 9.10. The number of fused-ring (bicyclic) bond motifs is 2. The van der Waals surface area contributed by atoms with Gasteiger partial charge in [-0.1, -0.05) is 63.5 Å². The average Bonchev–Trinajstić information content (AvgIpc) is 3.33. The Balaban J connectivity index is 0.000000136.